The van der Waals surface area contributed by atoms with Gasteiger partial charge in [-0.05, 0) is 41.0 Å². The molecule has 1 aliphatic carbocycles. The van der Waals surface area contributed by atoms with Crippen LogP contribution in [0.3, 0.4) is 0 Å². The minimum absolute atomic E-state index is 0.244. The maximum atomic E-state index is 6.36. The van der Waals surface area contributed by atoms with Crippen molar-refractivity contribution in [1.82, 2.24) is 9.55 Å². The molecule has 5 heteroatoms. The number of para-hydroxylation sites is 2. The van der Waals surface area contributed by atoms with Gasteiger partial charge in [-0.3, -0.25) is 4.57 Å². The fourth-order valence-electron chi connectivity index (χ4n) is 6.97. The molecule has 5 aromatic carbocycles. The first-order valence-corrected chi connectivity index (χ1v) is 15.9. The molecule has 0 spiro atoms. The fraction of sp³-hybridized carbons (Fsp3) is 0.0541. The molecule has 0 fully saturated rings. The summed E-state index contributed by atoms with van der Waals surface area (Å²) in [6.45, 7) is 0. The number of nitrogens with zero attached hydrogens (tertiary/aromatic N) is 2. The van der Waals surface area contributed by atoms with E-state index >= 15 is 0 Å². The zero-order chi connectivity index (χ0) is 27.4. The number of thioether (sulfide) groups is 1. The van der Waals surface area contributed by atoms with Crippen molar-refractivity contribution >= 4 is 72.4 Å². The topological polar surface area (TPSA) is 31.0 Å². The second kappa shape index (κ2) is 8.48. The number of fused-ring (bicyclic) bond motifs is 11. The van der Waals surface area contributed by atoms with Crippen LogP contribution in [0.2, 0.25) is 0 Å². The van der Waals surface area contributed by atoms with Gasteiger partial charge in [0, 0.05) is 43.7 Å². The van der Waals surface area contributed by atoms with E-state index < -0.39 is 0 Å². The molecule has 2 atom stereocenters. The Bertz CT molecular complexity index is 2410. The van der Waals surface area contributed by atoms with Gasteiger partial charge in [-0.1, -0.05) is 102 Å². The highest BCUT2D eigenvalue weighted by atomic mass is 32.2. The Labute approximate surface area is 249 Å². The molecule has 0 amide bonds. The molecule has 0 saturated carbocycles. The highest BCUT2D eigenvalue weighted by Crippen LogP contribution is 2.55. The molecular formula is C37H22N2OS2. The van der Waals surface area contributed by atoms with Gasteiger partial charge in [-0.15, -0.1) is 11.8 Å². The smallest absolute Gasteiger partial charge is 0.195 e. The molecule has 4 heterocycles. The summed E-state index contributed by atoms with van der Waals surface area (Å²) in [7, 11) is 0. The largest absolute Gasteiger partial charge is 0.456 e. The van der Waals surface area contributed by atoms with Gasteiger partial charge in [0.05, 0.1) is 21.6 Å². The van der Waals surface area contributed by atoms with Crippen LogP contribution in [0.15, 0.2) is 131 Å². The monoisotopic (exact) mass is 574 g/mol. The second-order valence-electron chi connectivity index (χ2n) is 11.1. The number of hydrogen-bond acceptors (Lipinski definition) is 4. The van der Waals surface area contributed by atoms with Crippen molar-refractivity contribution < 1.29 is 4.42 Å². The van der Waals surface area contributed by atoms with Gasteiger partial charge in [0.1, 0.15) is 11.2 Å². The van der Waals surface area contributed by atoms with Crippen molar-refractivity contribution in [2.75, 3.05) is 0 Å². The maximum Gasteiger partial charge on any atom is 0.195 e. The lowest BCUT2D eigenvalue weighted by Crippen LogP contribution is -2.16. The van der Waals surface area contributed by atoms with E-state index in [4.69, 9.17) is 9.40 Å². The molecule has 0 bridgehead atoms. The minimum Gasteiger partial charge on any atom is -0.456 e. The van der Waals surface area contributed by atoms with Crippen LogP contribution in [0.25, 0.3) is 54.4 Å². The van der Waals surface area contributed by atoms with Gasteiger partial charge < -0.3 is 4.42 Å². The van der Waals surface area contributed by atoms with E-state index in [0.29, 0.717) is 5.25 Å². The predicted octanol–water partition coefficient (Wildman–Crippen LogP) is 10.2. The summed E-state index contributed by atoms with van der Waals surface area (Å²) in [6.07, 6.45) is 2.48. The molecule has 10 rings (SSSR count). The maximum absolute atomic E-state index is 6.36. The number of aromatic nitrogens is 2. The molecule has 198 valence electrons. The van der Waals surface area contributed by atoms with Crippen molar-refractivity contribution in [3.63, 3.8) is 0 Å². The Balaban J connectivity index is 1.27. The van der Waals surface area contributed by atoms with E-state index in [1.165, 1.54) is 48.5 Å². The van der Waals surface area contributed by atoms with Gasteiger partial charge in [0.15, 0.2) is 5.13 Å². The summed E-state index contributed by atoms with van der Waals surface area (Å²) in [5, 5.41) is 6.07. The zero-order valence-corrected chi connectivity index (χ0v) is 24.0. The first kappa shape index (κ1) is 23.0. The highest BCUT2D eigenvalue weighted by Gasteiger charge is 2.41. The second-order valence-corrected chi connectivity index (χ2v) is 13.3. The Hall–Kier alpha value is -4.58. The molecule has 42 heavy (non-hydrogen) atoms. The Morgan fingerprint density at radius 2 is 1.45 bits per heavy atom. The minimum atomic E-state index is 0.244. The van der Waals surface area contributed by atoms with Gasteiger partial charge in [0.2, 0.25) is 0 Å². The Morgan fingerprint density at radius 3 is 2.38 bits per heavy atom. The number of benzene rings is 5. The van der Waals surface area contributed by atoms with Gasteiger partial charge in [0.25, 0.3) is 0 Å². The summed E-state index contributed by atoms with van der Waals surface area (Å²) in [4.78, 5) is 8.16. The van der Waals surface area contributed by atoms with Crippen LogP contribution in [0.5, 0.6) is 0 Å². The molecule has 2 aliphatic rings. The molecule has 0 N–H and O–H groups in total. The van der Waals surface area contributed by atoms with Crippen LogP contribution in [-0.4, -0.2) is 14.8 Å². The molecular weight excluding hydrogens is 553 g/mol. The zero-order valence-electron chi connectivity index (χ0n) is 22.3. The standard InChI is InChI=1S/C37H22N2OS2/c1-2-10-21(11-3-1)25-19-33-34(24-14-6-9-17-32(24)41-33)35-36(25)42-37(38-35)39-28-15-7-4-12-22(28)26-18-27-23-13-5-8-16-30(23)40-31(27)20-29(26)39/h1-20,33-34H. The first-order chi connectivity index (χ1) is 20.8. The van der Waals surface area contributed by atoms with Crippen LogP contribution < -0.4 is 0 Å². The molecule has 2 unspecified atom stereocenters. The molecule has 3 aromatic heterocycles. The number of thiazole rings is 1. The van der Waals surface area contributed by atoms with Crippen molar-refractivity contribution in [3.05, 3.63) is 143 Å². The number of rotatable bonds is 2. The van der Waals surface area contributed by atoms with E-state index in [1.54, 1.807) is 11.3 Å². The summed E-state index contributed by atoms with van der Waals surface area (Å²) in [6, 6.07) is 41.2. The van der Waals surface area contributed by atoms with Gasteiger partial charge in [-0.2, -0.15) is 0 Å². The molecule has 0 saturated heterocycles. The lowest BCUT2D eigenvalue weighted by molar-refractivity contribution is 0.669. The van der Waals surface area contributed by atoms with E-state index in [1.807, 2.05) is 23.9 Å². The van der Waals surface area contributed by atoms with Gasteiger partial charge >= 0.3 is 0 Å². The van der Waals surface area contributed by atoms with Crippen molar-refractivity contribution in [2.45, 2.75) is 16.1 Å². The molecule has 1 aliphatic heterocycles. The first-order valence-electron chi connectivity index (χ1n) is 14.2. The lowest BCUT2D eigenvalue weighted by Gasteiger charge is -2.23. The average molecular weight is 575 g/mol. The third kappa shape index (κ3) is 3.10. The van der Waals surface area contributed by atoms with E-state index in [0.717, 1.165) is 32.6 Å². The Kier molecular flexibility index (Phi) is 4.65. The van der Waals surface area contributed by atoms with Crippen molar-refractivity contribution in [1.29, 1.82) is 0 Å². The van der Waals surface area contributed by atoms with Crippen LogP contribution in [0, 0.1) is 0 Å². The van der Waals surface area contributed by atoms with Gasteiger partial charge in [-0.25, -0.2) is 4.98 Å². The van der Waals surface area contributed by atoms with Crippen LogP contribution >= 0.6 is 23.1 Å². The molecule has 3 nitrogen and oxygen atoms in total. The average Bonchev–Trinajstić information content (AvgIpc) is 3.79. The summed E-state index contributed by atoms with van der Waals surface area (Å²) in [5.41, 5.74) is 9.22. The number of furan rings is 1. The number of hydrogen-bond donors (Lipinski definition) is 0. The SMILES string of the molecule is C1=C(c2ccccc2)c2sc(-n3c4ccccc4c4cc5c(cc43)oc3ccccc35)nc2C2c3ccccc3SC12. The summed E-state index contributed by atoms with van der Waals surface area (Å²) in [5.74, 6) is 0.244. The van der Waals surface area contributed by atoms with E-state index in [9.17, 15) is 0 Å². The Morgan fingerprint density at radius 1 is 0.667 bits per heavy atom. The fourth-order valence-corrected chi connectivity index (χ4v) is 9.55. The van der Waals surface area contributed by atoms with Crippen LogP contribution in [0.4, 0.5) is 0 Å². The summed E-state index contributed by atoms with van der Waals surface area (Å²) < 4.78 is 8.71. The van der Waals surface area contributed by atoms with Crippen molar-refractivity contribution in [2.24, 2.45) is 0 Å². The third-order valence-electron chi connectivity index (χ3n) is 8.81. The molecule has 0 radical (unpaired) electrons. The third-order valence-corrected chi connectivity index (χ3v) is 11.2. The highest BCUT2D eigenvalue weighted by molar-refractivity contribution is 8.00. The summed E-state index contributed by atoms with van der Waals surface area (Å²) >= 11 is 3.77. The predicted molar refractivity (Wildman–Crippen MR) is 175 cm³/mol. The van der Waals surface area contributed by atoms with Crippen LogP contribution in [0.1, 0.15) is 27.6 Å². The normalized spacial score (nSPS) is 17.6. The quantitative estimate of drug-likeness (QED) is 0.206. The lowest BCUT2D eigenvalue weighted by atomic mass is 9.84. The van der Waals surface area contributed by atoms with Crippen LogP contribution in [-0.2, 0) is 0 Å². The van der Waals surface area contributed by atoms with Crippen molar-refractivity contribution in [3.8, 4) is 5.13 Å². The molecule has 8 aromatic rings. The van der Waals surface area contributed by atoms with E-state index in [-0.39, 0.29) is 5.92 Å². The van der Waals surface area contributed by atoms with E-state index in [2.05, 4.69) is 114 Å².